The Bertz CT molecular complexity index is 1830. The van der Waals surface area contributed by atoms with E-state index in [1.807, 2.05) is 24.3 Å². The number of aromatic nitrogens is 1. The molecule has 0 bridgehead atoms. The normalized spacial score (nSPS) is 18.9. The highest BCUT2D eigenvalue weighted by molar-refractivity contribution is 6.42. The number of benzene rings is 3. The van der Waals surface area contributed by atoms with Gasteiger partial charge in [0, 0.05) is 31.0 Å². The number of halogens is 2. The van der Waals surface area contributed by atoms with Crippen LogP contribution in [-0.4, -0.2) is 52.3 Å². The summed E-state index contributed by atoms with van der Waals surface area (Å²) in [5, 5.41) is 6.51. The first-order valence-electron chi connectivity index (χ1n) is 14.9. The standard InChI is InChI=1S/C35H30Cl2N4O5/c1-20-32(42)40-31-17-24(23-9-11-38-12-10-23)5-7-28(31)34(44)41(20)19-21-3-2-4-25(13-21)33(43)39-18-22-14-27(15-22)46-35(45)26-6-8-29(36)30(37)16-26/h2-13,16-17,20,22,27H,14-15,18-19H2,1H3,(H,39,43)(H,40,42)/t20-,22?,27?/m1/s1. The molecule has 6 rings (SSSR count). The van der Waals surface area contributed by atoms with Crippen LogP contribution in [0, 0.1) is 5.92 Å². The number of carbonyl (C=O) groups is 4. The number of anilines is 1. The van der Waals surface area contributed by atoms with Gasteiger partial charge in [-0.15, -0.1) is 0 Å². The first-order valence-corrected chi connectivity index (χ1v) is 15.6. The zero-order valence-electron chi connectivity index (χ0n) is 24.8. The van der Waals surface area contributed by atoms with Crippen molar-refractivity contribution < 1.29 is 23.9 Å². The topological polar surface area (TPSA) is 118 Å². The molecule has 11 heteroatoms. The molecule has 1 aliphatic heterocycles. The zero-order valence-corrected chi connectivity index (χ0v) is 26.3. The maximum absolute atomic E-state index is 13.7. The van der Waals surface area contributed by atoms with Crippen LogP contribution in [0.1, 0.15) is 56.4 Å². The van der Waals surface area contributed by atoms with E-state index in [-0.39, 0.29) is 41.3 Å². The Morgan fingerprint density at radius 3 is 2.48 bits per heavy atom. The van der Waals surface area contributed by atoms with Gasteiger partial charge in [0.1, 0.15) is 12.1 Å². The van der Waals surface area contributed by atoms with Crippen molar-refractivity contribution in [1.29, 1.82) is 0 Å². The van der Waals surface area contributed by atoms with Gasteiger partial charge in [-0.25, -0.2) is 4.79 Å². The molecule has 0 radical (unpaired) electrons. The van der Waals surface area contributed by atoms with Gasteiger partial charge in [0.2, 0.25) is 5.91 Å². The van der Waals surface area contributed by atoms with Gasteiger partial charge in [-0.2, -0.15) is 0 Å². The monoisotopic (exact) mass is 656 g/mol. The summed E-state index contributed by atoms with van der Waals surface area (Å²) in [4.78, 5) is 57.8. The Hall–Kier alpha value is -4.73. The lowest BCUT2D eigenvalue weighted by atomic mass is 9.82. The second kappa shape index (κ2) is 13.3. The van der Waals surface area contributed by atoms with Crippen LogP contribution in [0.4, 0.5) is 5.69 Å². The molecule has 2 N–H and O–H groups in total. The summed E-state index contributed by atoms with van der Waals surface area (Å²) in [5.74, 6) is -1.12. The van der Waals surface area contributed by atoms with E-state index in [1.165, 1.54) is 11.0 Å². The van der Waals surface area contributed by atoms with E-state index in [4.69, 9.17) is 27.9 Å². The minimum absolute atomic E-state index is 0.147. The first-order chi connectivity index (χ1) is 22.2. The van der Waals surface area contributed by atoms with Gasteiger partial charge < -0.3 is 20.3 Å². The summed E-state index contributed by atoms with van der Waals surface area (Å²) in [6.07, 6.45) is 4.41. The van der Waals surface area contributed by atoms with E-state index in [2.05, 4.69) is 15.6 Å². The third-order valence-electron chi connectivity index (χ3n) is 8.34. The number of esters is 1. The average molecular weight is 658 g/mol. The van der Waals surface area contributed by atoms with Crippen molar-refractivity contribution in [2.75, 3.05) is 11.9 Å². The van der Waals surface area contributed by atoms with Crippen molar-refractivity contribution in [2.45, 2.75) is 38.5 Å². The third kappa shape index (κ3) is 6.76. The van der Waals surface area contributed by atoms with Crippen molar-refractivity contribution in [3.63, 3.8) is 0 Å². The van der Waals surface area contributed by atoms with E-state index in [1.54, 1.807) is 61.8 Å². The molecule has 0 spiro atoms. The van der Waals surface area contributed by atoms with Crippen LogP contribution in [-0.2, 0) is 16.1 Å². The molecule has 3 amide bonds. The molecule has 2 heterocycles. The van der Waals surface area contributed by atoms with Crippen molar-refractivity contribution in [2.24, 2.45) is 5.92 Å². The number of nitrogens with one attached hydrogen (secondary N) is 2. The summed E-state index contributed by atoms with van der Waals surface area (Å²) in [6.45, 7) is 2.27. The van der Waals surface area contributed by atoms with Crippen molar-refractivity contribution in [3.05, 3.63) is 117 Å². The SMILES string of the molecule is C[C@@H]1C(=O)Nc2cc(-c3ccncc3)ccc2C(=O)N1Cc1cccc(C(=O)NCC2CC(OC(=O)c3ccc(Cl)c(Cl)c3)C2)c1. The molecule has 9 nitrogen and oxygen atoms in total. The van der Waals surface area contributed by atoms with Gasteiger partial charge in [-0.05, 0) is 97.0 Å². The van der Waals surface area contributed by atoms with E-state index in [9.17, 15) is 19.2 Å². The molecule has 2 aliphatic rings. The molecule has 1 atom stereocenters. The van der Waals surface area contributed by atoms with Crippen LogP contribution in [0.2, 0.25) is 10.0 Å². The van der Waals surface area contributed by atoms with Crippen molar-refractivity contribution in [3.8, 4) is 11.1 Å². The van der Waals surface area contributed by atoms with Crippen LogP contribution >= 0.6 is 23.2 Å². The van der Waals surface area contributed by atoms with Gasteiger partial charge in [0.05, 0.1) is 26.9 Å². The van der Waals surface area contributed by atoms with Crippen LogP contribution in [0.15, 0.2) is 85.2 Å². The Kier molecular flexibility index (Phi) is 9.05. The summed E-state index contributed by atoms with van der Waals surface area (Å²) < 4.78 is 5.54. The second-order valence-corrected chi connectivity index (χ2v) is 12.3. The number of nitrogens with zero attached hydrogens (tertiary/aromatic N) is 2. The fraction of sp³-hybridized carbons (Fsp3) is 0.229. The largest absolute Gasteiger partial charge is 0.459 e. The fourth-order valence-corrected chi connectivity index (χ4v) is 5.90. The number of fused-ring (bicyclic) bond motifs is 1. The van der Waals surface area contributed by atoms with Gasteiger partial charge in [-0.3, -0.25) is 19.4 Å². The highest BCUT2D eigenvalue weighted by Crippen LogP contribution is 2.32. The molecule has 46 heavy (non-hydrogen) atoms. The molecule has 1 saturated carbocycles. The molecule has 0 unspecified atom stereocenters. The van der Waals surface area contributed by atoms with Gasteiger partial charge >= 0.3 is 5.97 Å². The van der Waals surface area contributed by atoms with Gasteiger partial charge in [0.15, 0.2) is 0 Å². The number of pyridine rings is 1. The number of carbonyl (C=O) groups excluding carboxylic acids is 4. The van der Waals surface area contributed by atoms with Crippen LogP contribution in [0.5, 0.6) is 0 Å². The average Bonchev–Trinajstić information content (AvgIpc) is 3.13. The predicted octanol–water partition coefficient (Wildman–Crippen LogP) is 6.40. The smallest absolute Gasteiger partial charge is 0.338 e. The fourth-order valence-electron chi connectivity index (χ4n) is 5.60. The number of hydrogen-bond acceptors (Lipinski definition) is 6. The number of ether oxygens (including phenoxy) is 1. The molecule has 1 fully saturated rings. The second-order valence-electron chi connectivity index (χ2n) is 11.5. The van der Waals surface area contributed by atoms with Crippen LogP contribution in [0.3, 0.4) is 0 Å². The molecular formula is C35H30Cl2N4O5. The van der Waals surface area contributed by atoms with Crippen molar-refractivity contribution in [1.82, 2.24) is 15.2 Å². The van der Waals surface area contributed by atoms with Crippen LogP contribution in [0.25, 0.3) is 11.1 Å². The third-order valence-corrected chi connectivity index (χ3v) is 9.08. The Balaban J connectivity index is 1.05. The first kappa shape index (κ1) is 31.3. The quantitative estimate of drug-likeness (QED) is 0.212. The molecular weight excluding hydrogens is 627 g/mol. The summed E-state index contributed by atoms with van der Waals surface area (Å²) >= 11 is 11.9. The number of amides is 3. The summed E-state index contributed by atoms with van der Waals surface area (Å²) in [6, 6.07) is 20.0. The molecule has 0 saturated heterocycles. The Labute approximate surface area is 275 Å². The maximum atomic E-state index is 13.7. The molecule has 3 aromatic carbocycles. The minimum atomic E-state index is -0.737. The van der Waals surface area contributed by atoms with E-state index in [0.29, 0.717) is 46.8 Å². The number of hydrogen-bond donors (Lipinski definition) is 2. The lowest BCUT2D eigenvalue weighted by molar-refractivity contribution is -0.120. The Morgan fingerprint density at radius 1 is 0.935 bits per heavy atom. The van der Waals surface area contributed by atoms with Gasteiger partial charge in [-0.1, -0.05) is 41.4 Å². The summed E-state index contributed by atoms with van der Waals surface area (Å²) in [7, 11) is 0. The lowest BCUT2D eigenvalue weighted by Crippen LogP contribution is -2.42. The minimum Gasteiger partial charge on any atom is -0.459 e. The Morgan fingerprint density at radius 2 is 1.72 bits per heavy atom. The lowest BCUT2D eigenvalue weighted by Gasteiger charge is -2.34. The molecule has 234 valence electrons. The zero-order chi connectivity index (χ0) is 32.4. The molecule has 1 aliphatic carbocycles. The predicted molar refractivity (Wildman–Crippen MR) is 175 cm³/mol. The maximum Gasteiger partial charge on any atom is 0.338 e. The highest BCUT2D eigenvalue weighted by Gasteiger charge is 2.34. The molecule has 1 aromatic heterocycles. The summed E-state index contributed by atoms with van der Waals surface area (Å²) in [5.41, 5.74) is 4.12. The van der Waals surface area contributed by atoms with E-state index in [0.717, 1.165) is 16.7 Å². The van der Waals surface area contributed by atoms with E-state index < -0.39 is 12.0 Å². The van der Waals surface area contributed by atoms with Crippen molar-refractivity contribution >= 4 is 52.6 Å². The number of rotatable bonds is 8. The molecule has 4 aromatic rings. The highest BCUT2D eigenvalue weighted by atomic mass is 35.5. The van der Waals surface area contributed by atoms with E-state index >= 15 is 0 Å². The van der Waals surface area contributed by atoms with Crippen LogP contribution < -0.4 is 10.6 Å². The van der Waals surface area contributed by atoms with Gasteiger partial charge in [0.25, 0.3) is 11.8 Å².